The van der Waals surface area contributed by atoms with E-state index in [4.69, 9.17) is 4.42 Å². The van der Waals surface area contributed by atoms with E-state index in [1.54, 1.807) is 6.07 Å². The lowest BCUT2D eigenvalue weighted by Gasteiger charge is -1.97. The number of nitrogens with zero attached hydrogens (tertiary/aromatic N) is 2. The van der Waals surface area contributed by atoms with Gasteiger partial charge in [-0.05, 0) is 40.8 Å². The van der Waals surface area contributed by atoms with Crippen molar-refractivity contribution in [2.24, 2.45) is 0 Å². The van der Waals surface area contributed by atoms with Gasteiger partial charge in [0.15, 0.2) is 0 Å². The van der Waals surface area contributed by atoms with Gasteiger partial charge in [-0.3, -0.25) is 0 Å². The minimum Gasteiger partial charge on any atom is -0.423 e. The van der Waals surface area contributed by atoms with Crippen LogP contribution in [0.5, 0.6) is 0 Å². The van der Waals surface area contributed by atoms with Crippen molar-refractivity contribution in [3.05, 3.63) is 34.0 Å². The largest absolute Gasteiger partial charge is 0.423 e. The third kappa shape index (κ3) is 1.69. The average molecular weight is 290 g/mol. The van der Waals surface area contributed by atoms with Crippen LogP contribution >= 0.6 is 22.6 Å². The van der Waals surface area contributed by atoms with Gasteiger partial charge in [0.05, 0.1) is 5.56 Å². The molecular weight excluding hydrogens is 286 g/mol. The molecule has 2 rings (SSSR count). The Bertz CT molecular complexity index is 416. The molecule has 0 N–H and O–H groups in total. The van der Waals surface area contributed by atoms with Crippen LogP contribution in [0, 0.1) is 9.39 Å². The van der Waals surface area contributed by atoms with E-state index in [0.717, 1.165) is 3.57 Å². The van der Waals surface area contributed by atoms with Crippen molar-refractivity contribution in [3.63, 3.8) is 0 Å². The standard InChI is InChI=1S/C8H4FIN2O/c9-5-1-2-7(10)6(3-5)8-12-11-4-13-8/h1-4H. The van der Waals surface area contributed by atoms with E-state index in [-0.39, 0.29) is 5.82 Å². The van der Waals surface area contributed by atoms with Gasteiger partial charge in [0, 0.05) is 3.57 Å². The van der Waals surface area contributed by atoms with Crippen LogP contribution in [0.15, 0.2) is 29.0 Å². The van der Waals surface area contributed by atoms with Crippen LogP contribution in [-0.2, 0) is 0 Å². The number of rotatable bonds is 1. The lowest BCUT2D eigenvalue weighted by atomic mass is 10.2. The molecule has 2 aromatic rings. The minimum atomic E-state index is -0.311. The summed E-state index contributed by atoms with van der Waals surface area (Å²) in [5.41, 5.74) is 0.623. The summed E-state index contributed by atoms with van der Waals surface area (Å²) in [4.78, 5) is 0. The normalized spacial score (nSPS) is 10.3. The van der Waals surface area contributed by atoms with Crippen molar-refractivity contribution in [3.8, 4) is 11.5 Å². The summed E-state index contributed by atoms with van der Waals surface area (Å²) < 4.78 is 18.7. The maximum Gasteiger partial charge on any atom is 0.248 e. The average Bonchev–Trinajstić information content (AvgIpc) is 2.61. The molecule has 0 aliphatic heterocycles. The smallest absolute Gasteiger partial charge is 0.248 e. The highest BCUT2D eigenvalue weighted by Crippen LogP contribution is 2.23. The van der Waals surface area contributed by atoms with Crippen molar-refractivity contribution in [2.45, 2.75) is 0 Å². The molecule has 0 saturated heterocycles. The van der Waals surface area contributed by atoms with Crippen molar-refractivity contribution in [1.29, 1.82) is 0 Å². The van der Waals surface area contributed by atoms with E-state index in [1.165, 1.54) is 18.5 Å². The summed E-state index contributed by atoms with van der Waals surface area (Å²) in [6.07, 6.45) is 1.22. The topological polar surface area (TPSA) is 38.9 Å². The first-order chi connectivity index (χ1) is 6.27. The van der Waals surface area contributed by atoms with Gasteiger partial charge in [-0.25, -0.2) is 4.39 Å². The number of hydrogen-bond donors (Lipinski definition) is 0. The van der Waals surface area contributed by atoms with E-state index in [1.807, 2.05) is 0 Å². The maximum atomic E-state index is 12.8. The molecule has 0 radical (unpaired) electrons. The predicted octanol–water partition coefficient (Wildman–Crippen LogP) is 2.48. The fraction of sp³-hybridized carbons (Fsp3) is 0. The monoisotopic (exact) mass is 290 g/mol. The Labute approximate surface area is 87.1 Å². The Morgan fingerprint density at radius 3 is 2.92 bits per heavy atom. The predicted molar refractivity (Wildman–Crippen MR) is 52.4 cm³/mol. The Morgan fingerprint density at radius 1 is 1.38 bits per heavy atom. The van der Waals surface area contributed by atoms with Gasteiger partial charge in [-0.1, -0.05) is 0 Å². The van der Waals surface area contributed by atoms with Crippen LogP contribution in [0.25, 0.3) is 11.5 Å². The molecule has 13 heavy (non-hydrogen) atoms. The van der Waals surface area contributed by atoms with E-state index < -0.39 is 0 Å². The third-order valence-electron chi connectivity index (χ3n) is 1.52. The molecule has 0 fully saturated rings. The van der Waals surface area contributed by atoms with Crippen molar-refractivity contribution in [1.82, 2.24) is 10.2 Å². The SMILES string of the molecule is Fc1ccc(I)c(-c2nnco2)c1. The first-order valence-electron chi connectivity index (χ1n) is 3.49. The fourth-order valence-electron chi connectivity index (χ4n) is 0.952. The van der Waals surface area contributed by atoms with E-state index in [0.29, 0.717) is 11.5 Å². The van der Waals surface area contributed by atoms with Gasteiger partial charge >= 0.3 is 0 Å². The quantitative estimate of drug-likeness (QED) is 0.757. The summed E-state index contributed by atoms with van der Waals surface area (Å²) >= 11 is 2.08. The summed E-state index contributed by atoms with van der Waals surface area (Å²) in [5, 5.41) is 7.23. The van der Waals surface area contributed by atoms with E-state index in [2.05, 4.69) is 32.8 Å². The Hall–Kier alpha value is -0.980. The Balaban J connectivity index is 2.57. The van der Waals surface area contributed by atoms with Crippen molar-refractivity contribution >= 4 is 22.6 Å². The van der Waals surface area contributed by atoms with E-state index in [9.17, 15) is 4.39 Å². The summed E-state index contributed by atoms with van der Waals surface area (Å²) in [7, 11) is 0. The molecular formula is C8H4FIN2O. The molecule has 0 atom stereocenters. The summed E-state index contributed by atoms with van der Waals surface area (Å²) in [6, 6.07) is 4.42. The van der Waals surface area contributed by atoms with Crippen LogP contribution in [0.3, 0.4) is 0 Å². The molecule has 0 amide bonds. The molecule has 1 aromatic carbocycles. The van der Waals surface area contributed by atoms with Crippen LogP contribution in [0.2, 0.25) is 0 Å². The van der Waals surface area contributed by atoms with E-state index >= 15 is 0 Å². The van der Waals surface area contributed by atoms with Crippen LogP contribution in [0.1, 0.15) is 0 Å². The zero-order valence-electron chi connectivity index (χ0n) is 6.37. The number of halogens is 2. The second-order valence-corrected chi connectivity index (χ2v) is 3.53. The van der Waals surface area contributed by atoms with Crippen molar-refractivity contribution in [2.75, 3.05) is 0 Å². The minimum absolute atomic E-state index is 0.311. The van der Waals surface area contributed by atoms with Gasteiger partial charge in [-0.2, -0.15) is 0 Å². The highest BCUT2D eigenvalue weighted by atomic mass is 127. The van der Waals surface area contributed by atoms with Crippen LogP contribution in [0.4, 0.5) is 4.39 Å². The molecule has 1 heterocycles. The van der Waals surface area contributed by atoms with Gasteiger partial charge in [0.1, 0.15) is 5.82 Å². The van der Waals surface area contributed by atoms with Gasteiger partial charge in [-0.15, -0.1) is 10.2 Å². The summed E-state index contributed by atoms with van der Waals surface area (Å²) in [5.74, 6) is 0.0255. The molecule has 0 aliphatic carbocycles. The second kappa shape index (κ2) is 3.41. The lowest BCUT2D eigenvalue weighted by Crippen LogP contribution is -1.85. The second-order valence-electron chi connectivity index (χ2n) is 2.37. The number of benzene rings is 1. The molecule has 1 aromatic heterocycles. The fourth-order valence-corrected chi connectivity index (χ4v) is 1.52. The van der Waals surface area contributed by atoms with Crippen LogP contribution < -0.4 is 0 Å². The molecule has 0 saturated carbocycles. The molecule has 0 spiro atoms. The van der Waals surface area contributed by atoms with Gasteiger partial charge < -0.3 is 4.42 Å². The molecule has 0 bridgehead atoms. The molecule has 0 unspecified atom stereocenters. The maximum absolute atomic E-state index is 12.8. The molecule has 66 valence electrons. The van der Waals surface area contributed by atoms with Crippen molar-refractivity contribution < 1.29 is 8.81 Å². The van der Waals surface area contributed by atoms with Gasteiger partial charge in [0.25, 0.3) is 0 Å². The highest BCUT2D eigenvalue weighted by Gasteiger charge is 2.08. The Morgan fingerprint density at radius 2 is 2.23 bits per heavy atom. The molecule has 3 nitrogen and oxygen atoms in total. The third-order valence-corrected chi connectivity index (χ3v) is 2.46. The molecule has 5 heteroatoms. The first kappa shape index (κ1) is 8.61. The zero-order chi connectivity index (χ0) is 9.26. The summed E-state index contributed by atoms with van der Waals surface area (Å²) in [6.45, 7) is 0. The Kier molecular flexibility index (Phi) is 2.26. The first-order valence-corrected chi connectivity index (χ1v) is 4.57. The zero-order valence-corrected chi connectivity index (χ0v) is 8.53. The van der Waals surface area contributed by atoms with Crippen LogP contribution in [-0.4, -0.2) is 10.2 Å². The molecule has 0 aliphatic rings. The van der Waals surface area contributed by atoms with Gasteiger partial charge in [0.2, 0.25) is 12.3 Å². The highest BCUT2D eigenvalue weighted by molar-refractivity contribution is 14.1. The number of aromatic nitrogens is 2. The lowest BCUT2D eigenvalue weighted by molar-refractivity contribution is 0.566. The number of hydrogen-bond acceptors (Lipinski definition) is 3.